The van der Waals surface area contributed by atoms with Gasteiger partial charge in [0.05, 0.1) is 12.1 Å². The molecule has 1 aromatic heterocycles. The van der Waals surface area contributed by atoms with Gasteiger partial charge in [-0.3, -0.25) is 4.79 Å². The highest BCUT2D eigenvalue weighted by molar-refractivity contribution is 6.00. The van der Waals surface area contributed by atoms with Crippen LogP contribution in [-0.4, -0.2) is 35.1 Å². The molecule has 0 atom stereocenters. The third kappa shape index (κ3) is 2.98. The van der Waals surface area contributed by atoms with Crippen molar-refractivity contribution >= 4 is 16.8 Å². The van der Waals surface area contributed by atoms with Gasteiger partial charge in [0, 0.05) is 25.0 Å². The minimum atomic E-state index is 0.130. The first-order valence-electron chi connectivity index (χ1n) is 8.41. The third-order valence-electron chi connectivity index (χ3n) is 4.34. The molecule has 1 aliphatic heterocycles. The van der Waals surface area contributed by atoms with Crippen molar-refractivity contribution in [2.24, 2.45) is 0 Å². The number of hydrogen-bond donors (Lipinski definition) is 0. The molecule has 2 heterocycles. The van der Waals surface area contributed by atoms with Crippen LogP contribution in [0.25, 0.3) is 10.9 Å². The van der Waals surface area contributed by atoms with Crippen molar-refractivity contribution in [3.05, 3.63) is 42.1 Å². The molecule has 0 N–H and O–H groups in total. The number of amides is 1. The summed E-state index contributed by atoms with van der Waals surface area (Å²) in [5.74, 6) is 0.977. The summed E-state index contributed by atoms with van der Waals surface area (Å²) in [6.45, 7) is 7.02. The minimum Gasteiger partial charge on any atom is -0.493 e. The molecule has 0 bridgehead atoms. The number of hydrogen-bond acceptors (Lipinski definition) is 2. The molecule has 1 saturated heterocycles. The molecular formula is C19H24N2O2. The molecule has 4 heteroatoms. The van der Waals surface area contributed by atoms with Gasteiger partial charge < -0.3 is 14.2 Å². The fourth-order valence-electron chi connectivity index (χ4n) is 3.21. The second kappa shape index (κ2) is 6.90. The molecule has 4 nitrogen and oxygen atoms in total. The first kappa shape index (κ1) is 15.7. The van der Waals surface area contributed by atoms with Crippen molar-refractivity contribution in [1.82, 2.24) is 9.47 Å². The van der Waals surface area contributed by atoms with Crippen molar-refractivity contribution in [2.75, 3.05) is 19.7 Å². The first-order valence-corrected chi connectivity index (χ1v) is 8.41. The SMILES string of the molecule is C/C=C\Cn1c(C(=O)N2CCCC2)cc2c(OCC)cccc21. The summed E-state index contributed by atoms with van der Waals surface area (Å²) in [6.07, 6.45) is 6.30. The molecule has 1 amide bonds. The van der Waals surface area contributed by atoms with Gasteiger partial charge in [0.15, 0.2) is 0 Å². The highest BCUT2D eigenvalue weighted by Crippen LogP contribution is 2.30. The number of likely N-dealkylation sites (tertiary alicyclic amines) is 1. The number of benzene rings is 1. The molecule has 0 radical (unpaired) electrons. The van der Waals surface area contributed by atoms with Crippen molar-refractivity contribution in [2.45, 2.75) is 33.2 Å². The monoisotopic (exact) mass is 312 g/mol. The lowest BCUT2D eigenvalue weighted by Gasteiger charge is -2.16. The van der Waals surface area contributed by atoms with E-state index in [1.807, 2.05) is 43.0 Å². The Balaban J connectivity index is 2.10. The van der Waals surface area contributed by atoms with E-state index in [9.17, 15) is 4.79 Å². The number of carbonyl (C=O) groups excluding carboxylic acids is 1. The molecule has 122 valence electrons. The summed E-state index contributed by atoms with van der Waals surface area (Å²) in [5, 5.41) is 1.02. The summed E-state index contributed by atoms with van der Waals surface area (Å²) < 4.78 is 7.84. The quantitative estimate of drug-likeness (QED) is 0.786. The Hall–Kier alpha value is -2.23. The largest absolute Gasteiger partial charge is 0.493 e. The van der Waals surface area contributed by atoms with E-state index in [1.54, 1.807) is 0 Å². The van der Waals surface area contributed by atoms with Crippen LogP contribution < -0.4 is 4.74 Å². The maximum Gasteiger partial charge on any atom is 0.270 e. The zero-order chi connectivity index (χ0) is 16.2. The van der Waals surface area contributed by atoms with E-state index in [2.05, 4.69) is 16.7 Å². The van der Waals surface area contributed by atoms with E-state index >= 15 is 0 Å². The number of fused-ring (bicyclic) bond motifs is 1. The molecule has 0 spiro atoms. The van der Waals surface area contributed by atoms with Crippen LogP contribution >= 0.6 is 0 Å². The fraction of sp³-hybridized carbons (Fsp3) is 0.421. The van der Waals surface area contributed by atoms with E-state index in [4.69, 9.17) is 4.74 Å². The van der Waals surface area contributed by atoms with E-state index in [1.165, 1.54) is 0 Å². The van der Waals surface area contributed by atoms with Gasteiger partial charge in [-0.15, -0.1) is 0 Å². The normalized spacial score (nSPS) is 15.0. The zero-order valence-electron chi connectivity index (χ0n) is 13.9. The number of rotatable bonds is 5. The van der Waals surface area contributed by atoms with Crippen molar-refractivity contribution in [3.8, 4) is 5.75 Å². The lowest BCUT2D eigenvalue weighted by molar-refractivity contribution is 0.0783. The Bertz CT molecular complexity index is 724. The summed E-state index contributed by atoms with van der Waals surface area (Å²) in [7, 11) is 0. The Labute approximate surface area is 137 Å². The van der Waals surface area contributed by atoms with Crippen LogP contribution in [0.3, 0.4) is 0 Å². The second-order valence-corrected chi connectivity index (χ2v) is 5.83. The van der Waals surface area contributed by atoms with Gasteiger partial charge in [0.25, 0.3) is 5.91 Å². The fourth-order valence-corrected chi connectivity index (χ4v) is 3.21. The standard InChI is InChI=1S/C19H24N2O2/c1-3-5-13-21-16-9-8-10-18(23-4-2)15(16)14-17(21)19(22)20-11-6-7-12-20/h3,5,8-10,14H,4,6-7,11-13H2,1-2H3/b5-3-. The average molecular weight is 312 g/mol. The lowest BCUT2D eigenvalue weighted by atomic mass is 10.2. The molecule has 23 heavy (non-hydrogen) atoms. The van der Waals surface area contributed by atoms with Gasteiger partial charge in [0.2, 0.25) is 0 Å². The van der Waals surface area contributed by atoms with Crippen LogP contribution in [0.5, 0.6) is 5.75 Å². The molecule has 0 aliphatic carbocycles. The number of allylic oxidation sites excluding steroid dienone is 2. The zero-order valence-corrected chi connectivity index (χ0v) is 13.9. The Morgan fingerprint density at radius 1 is 1.30 bits per heavy atom. The Morgan fingerprint density at radius 3 is 2.78 bits per heavy atom. The van der Waals surface area contributed by atoms with Gasteiger partial charge in [0.1, 0.15) is 11.4 Å². The maximum atomic E-state index is 12.9. The molecule has 2 aromatic rings. The summed E-state index contributed by atoms with van der Waals surface area (Å²) in [5.41, 5.74) is 1.81. The lowest BCUT2D eigenvalue weighted by Crippen LogP contribution is -2.29. The Kier molecular flexibility index (Phi) is 4.70. The van der Waals surface area contributed by atoms with Crippen LogP contribution in [0.4, 0.5) is 0 Å². The smallest absolute Gasteiger partial charge is 0.270 e. The predicted molar refractivity (Wildman–Crippen MR) is 93.1 cm³/mol. The van der Waals surface area contributed by atoms with E-state index in [0.717, 1.165) is 48.3 Å². The molecule has 0 saturated carbocycles. The number of ether oxygens (including phenoxy) is 1. The van der Waals surface area contributed by atoms with Gasteiger partial charge in [-0.05, 0) is 44.9 Å². The van der Waals surface area contributed by atoms with Gasteiger partial charge in [-0.25, -0.2) is 0 Å². The van der Waals surface area contributed by atoms with Crippen LogP contribution in [-0.2, 0) is 6.54 Å². The van der Waals surface area contributed by atoms with Gasteiger partial charge in [-0.2, -0.15) is 0 Å². The number of nitrogens with zero attached hydrogens (tertiary/aromatic N) is 2. The molecule has 1 aliphatic rings. The van der Waals surface area contributed by atoms with Crippen molar-refractivity contribution < 1.29 is 9.53 Å². The molecule has 1 fully saturated rings. The predicted octanol–water partition coefficient (Wildman–Crippen LogP) is 3.85. The summed E-state index contributed by atoms with van der Waals surface area (Å²) >= 11 is 0. The highest BCUT2D eigenvalue weighted by atomic mass is 16.5. The van der Waals surface area contributed by atoms with Crippen LogP contribution in [0.15, 0.2) is 36.4 Å². The van der Waals surface area contributed by atoms with E-state index in [-0.39, 0.29) is 5.91 Å². The molecular weight excluding hydrogens is 288 g/mol. The second-order valence-electron chi connectivity index (χ2n) is 5.83. The maximum absolute atomic E-state index is 12.9. The van der Waals surface area contributed by atoms with Crippen LogP contribution in [0, 0.1) is 0 Å². The van der Waals surface area contributed by atoms with Crippen LogP contribution in [0.1, 0.15) is 37.2 Å². The van der Waals surface area contributed by atoms with E-state index < -0.39 is 0 Å². The Morgan fingerprint density at radius 2 is 2.09 bits per heavy atom. The van der Waals surface area contributed by atoms with E-state index in [0.29, 0.717) is 13.2 Å². The number of carbonyl (C=O) groups is 1. The third-order valence-corrected chi connectivity index (χ3v) is 4.34. The summed E-state index contributed by atoms with van der Waals surface area (Å²) in [4.78, 5) is 14.9. The van der Waals surface area contributed by atoms with Crippen molar-refractivity contribution in [3.63, 3.8) is 0 Å². The average Bonchev–Trinajstić information content (AvgIpc) is 3.21. The minimum absolute atomic E-state index is 0.130. The summed E-state index contributed by atoms with van der Waals surface area (Å²) in [6, 6.07) is 8.01. The molecule has 0 unspecified atom stereocenters. The van der Waals surface area contributed by atoms with Crippen molar-refractivity contribution in [1.29, 1.82) is 0 Å². The highest BCUT2D eigenvalue weighted by Gasteiger charge is 2.24. The van der Waals surface area contributed by atoms with Gasteiger partial charge >= 0.3 is 0 Å². The molecule has 3 rings (SSSR count). The number of aromatic nitrogens is 1. The topological polar surface area (TPSA) is 34.5 Å². The first-order chi connectivity index (χ1) is 11.3. The van der Waals surface area contributed by atoms with Crippen LogP contribution in [0.2, 0.25) is 0 Å². The molecule has 1 aromatic carbocycles. The van der Waals surface area contributed by atoms with Gasteiger partial charge in [-0.1, -0.05) is 18.2 Å².